The summed E-state index contributed by atoms with van der Waals surface area (Å²) in [4.78, 5) is 38.1. The molecule has 3 aliphatic rings. The second kappa shape index (κ2) is 12.0. The smallest absolute Gasteiger partial charge is 0.306 e. The van der Waals surface area contributed by atoms with Gasteiger partial charge in [0.25, 0.3) is 0 Å². The van der Waals surface area contributed by atoms with E-state index in [9.17, 15) is 29.7 Å². The molecular formula is C29H40N2O9. The van der Waals surface area contributed by atoms with Crippen molar-refractivity contribution in [2.75, 3.05) is 6.61 Å². The van der Waals surface area contributed by atoms with Crippen molar-refractivity contribution < 1.29 is 43.9 Å². The summed E-state index contributed by atoms with van der Waals surface area (Å²) in [7, 11) is 0. The summed E-state index contributed by atoms with van der Waals surface area (Å²) in [5.74, 6) is -2.72. The highest BCUT2D eigenvalue weighted by atomic mass is 16.8. The molecule has 6 atom stereocenters. The van der Waals surface area contributed by atoms with E-state index in [-0.39, 0.29) is 24.8 Å². The lowest BCUT2D eigenvalue weighted by atomic mass is 9.91. The van der Waals surface area contributed by atoms with Gasteiger partial charge in [0.1, 0.15) is 23.9 Å². The van der Waals surface area contributed by atoms with Gasteiger partial charge >= 0.3 is 5.97 Å². The summed E-state index contributed by atoms with van der Waals surface area (Å²) in [6.45, 7) is 6.13. The third-order valence-corrected chi connectivity index (χ3v) is 7.26. The maximum atomic E-state index is 13.2. The van der Waals surface area contributed by atoms with Gasteiger partial charge in [-0.25, -0.2) is 0 Å². The number of esters is 1. The van der Waals surface area contributed by atoms with E-state index in [0.29, 0.717) is 12.8 Å². The van der Waals surface area contributed by atoms with Gasteiger partial charge in [0.15, 0.2) is 5.79 Å². The molecule has 1 fully saturated rings. The molecule has 0 radical (unpaired) electrons. The average molecular weight is 561 g/mol. The Kier molecular flexibility index (Phi) is 9.01. The summed E-state index contributed by atoms with van der Waals surface area (Å²) in [5, 5.41) is 35.9. The van der Waals surface area contributed by atoms with Crippen LogP contribution >= 0.6 is 0 Å². The zero-order valence-corrected chi connectivity index (χ0v) is 23.4. The van der Waals surface area contributed by atoms with Crippen LogP contribution in [0.2, 0.25) is 0 Å². The molecule has 2 aliphatic carbocycles. The van der Waals surface area contributed by atoms with Gasteiger partial charge < -0.3 is 40.2 Å². The van der Waals surface area contributed by atoms with Crippen molar-refractivity contribution in [1.29, 1.82) is 0 Å². The van der Waals surface area contributed by atoms with E-state index in [1.807, 2.05) is 24.3 Å². The lowest BCUT2D eigenvalue weighted by Crippen LogP contribution is -2.55. The van der Waals surface area contributed by atoms with E-state index >= 15 is 0 Å². The quantitative estimate of drug-likeness (QED) is 0.269. The zero-order chi connectivity index (χ0) is 29.2. The molecule has 220 valence electrons. The van der Waals surface area contributed by atoms with Gasteiger partial charge in [-0.1, -0.05) is 24.3 Å². The Morgan fingerprint density at radius 3 is 2.35 bits per heavy atom. The first-order valence-corrected chi connectivity index (χ1v) is 13.7. The third kappa shape index (κ3) is 7.08. The number of aliphatic hydroxyl groups is 3. The Morgan fingerprint density at radius 1 is 1.12 bits per heavy atom. The second-order valence-electron chi connectivity index (χ2n) is 11.9. The van der Waals surface area contributed by atoms with Crippen molar-refractivity contribution in [3.05, 3.63) is 47.0 Å². The minimum atomic E-state index is -1.34. The van der Waals surface area contributed by atoms with Gasteiger partial charge in [-0.3, -0.25) is 14.4 Å². The van der Waals surface area contributed by atoms with Crippen LogP contribution in [0.5, 0.6) is 0 Å². The predicted octanol–water partition coefficient (Wildman–Crippen LogP) is 0.421. The van der Waals surface area contributed by atoms with Crippen molar-refractivity contribution in [1.82, 2.24) is 10.6 Å². The molecule has 4 rings (SSSR count). The fourth-order valence-electron chi connectivity index (χ4n) is 5.40. The van der Waals surface area contributed by atoms with E-state index in [1.54, 1.807) is 26.8 Å². The Labute approximate surface area is 233 Å². The number of carbonyl (C=O) groups is 3. The molecule has 1 heterocycles. The minimum absolute atomic E-state index is 0.0112. The number of nitrogens with one attached hydrogen (secondary N) is 2. The van der Waals surface area contributed by atoms with Gasteiger partial charge in [0.2, 0.25) is 11.8 Å². The van der Waals surface area contributed by atoms with Crippen LogP contribution in [-0.4, -0.2) is 87.6 Å². The number of amides is 2. The maximum absolute atomic E-state index is 13.2. The van der Waals surface area contributed by atoms with Crippen molar-refractivity contribution in [3.8, 4) is 0 Å². The average Bonchev–Trinajstić information content (AvgIpc) is 3.41. The van der Waals surface area contributed by atoms with Gasteiger partial charge in [0.05, 0.1) is 24.9 Å². The van der Waals surface area contributed by atoms with Crippen LogP contribution in [0.15, 0.2) is 35.9 Å². The first-order valence-electron chi connectivity index (χ1n) is 13.7. The highest BCUT2D eigenvalue weighted by molar-refractivity contribution is 5.97. The Morgan fingerprint density at radius 2 is 1.77 bits per heavy atom. The van der Waals surface area contributed by atoms with Crippen LogP contribution < -0.4 is 10.6 Å². The van der Waals surface area contributed by atoms with Crippen LogP contribution in [0, 0.1) is 0 Å². The van der Waals surface area contributed by atoms with Crippen molar-refractivity contribution >= 4 is 17.8 Å². The van der Waals surface area contributed by atoms with Crippen LogP contribution in [0.4, 0.5) is 0 Å². The molecule has 2 amide bonds. The van der Waals surface area contributed by atoms with Crippen molar-refractivity contribution in [2.45, 2.75) is 108 Å². The number of carbonyl (C=O) groups excluding carboxylic acids is 3. The summed E-state index contributed by atoms with van der Waals surface area (Å²) in [6, 6.07) is 5.82. The molecule has 11 nitrogen and oxygen atoms in total. The second-order valence-corrected chi connectivity index (χ2v) is 11.9. The van der Waals surface area contributed by atoms with E-state index in [4.69, 9.17) is 14.2 Å². The molecule has 1 spiro atoms. The molecule has 0 aromatic heterocycles. The predicted molar refractivity (Wildman–Crippen MR) is 143 cm³/mol. The number of ether oxygens (including phenoxy) is 3. The molecule has 1 aliphatic heterocycles. The van der Waals surface area contributed by atoms with Gasteiger partial charge in [-0.2, -0.15) is 0 Å². The monoisotopic (exact) mass is 560 g/mol. The largest absolute Gasteiger partial charge is 0.460 e. The first-order chi connectivity index (χ1) is 18.8. The molecule has 0 unspecified atom stereocenters. The lowest BCUT2D eigenvalue weighted by Gasteiger charge is -2.28. The normalized spacial score (nSPS) is 25.3. The number of fused-ring (bicyclic) bond motifs is 2. The summed E-state index contributed by atoms with van der Waals surface area (Å²) < 4.78 is 17.7. The zero-order valence-electron chi connectivity index (χ0n) is 23.4. The lowest BCUT2D eigenvalue weighted by molar-refractivity contribution is -0.171. The number of aliphatic hydroxyl groups excluding tert-OH is 3. The maximum Gasteiger partial charge on any atom is 0.306 e. The van der Waals surface area contributed by atoms with Crippen molar-refractivity contribution in [3.63, 3.8) is 0 Å². The standard InChI is InChI=1S/C29H40N2O9/c1-16(33)24(27(37)30-20(15-32)9-10-23(35)39-28(2,3)4)31-26(36)19-11-21(34)25-22(12-19)38-29(40-25)13-17-7-5-6-8-18(17)14-29/h5-8,12,16,20-22,24-25,32-34H,9-11,13-15H2,1-4H3,(H,30,37)(H,31,36)/t16-,20-,21+,22+,24+,25-/m0/s1. The van der Waals surface area contributed by atoms with Crippen LogP contribution in [0.1, 0.15) is 58.1 Å². The Hall–Kier alpha value is -2.83. The number of hydrogen-bond acceptors (Lipinski definition) is 9. The van der Waals surface area contributed by atoms with Gasteiger partial charge in [-0.05, 0) is 51.3 Å². The molecular weight excluding hydrogens is 520 g/mol. The number of rotatable bonds is 9. The summed E-state index contributed by atoms with van der Waals surface area (Å²) >= 11 is 0. The molecule has 40 heavy (non-hydrogen) atoms. The Bertz CT molecular complexity index is 1120. The van der Waals surface area contributed by atoms with Crippen molar-refractivity contribution in [2.24, 2.45) is 0 Å². The van der Waals surface area contributed by atoms with Crippen LogP contribution in [0.3, 0.4) is 0 Å². The molecule has 0 bridgehead atoms. The molecule has 5 N–H and O–H groups in total. The van der Waals surface area contributed by atoms with E-state index in [1.165, 1.54) is 6.92 Å². The number of benzene rings is 1. The van der Waals surface area contributed by atoms with E-state index in [2.05, 4.69) is 10.6 Å². The molecule has 1 aromatic rings. The van der Waals surface area contributed by atoms with Crippen LogP contribution in [-0.2, 0) is 41.4 Å². The fourth-order valence-corrected chi connectivity index (χ4v) is 5.40. The van der Waals surface area contributed by atoms with Crippen LogP contribution in [0.25, 0.3) is 0 Å². The molecule has 11 heteroatoms. The molecule has 1 aromatic carbocycles. The highest BCUT2D eigenvalue weighted by Crippen LogP contribution is 2.44. The minimum Gasteiger partial charge on any atom is -0.460 e. The number of hydrogen-bond donors (Lipinski definition) is 5. The topological polar surface area (TPSA) is 164 Å². The highest BCUT2D eigenvalue weighted by Gasteiger charge is 2.53. The van der Waals surface area contributed by atoms with E-state index < -0.39 is 72.3 Å². The van der Waals surface area contributed by atoms with Gasteiger partial charge in [0, 0.05) is 31.3 Å². The van der Waals surface area contributed by atoms with Gasteiger partial charge in [-0.15, -0.1) is 0 Å². The fraction of sp³-hybridized carbons (Fsp3) is 0.621. The SMILES string of the molecule is C[C@H](O)[C@@H](NC(=O)C1=C[C@H]2OC3(Cc4ccccc4C3)O[C@H]2[C@H](O)C1)C(=O)N[C@H](CO)CCC(=O)OC(C)(C)C. The van der Waals surface area contributed by atoms with E-state index in [0.717, 1.165) is 11.1 Å². The summed E-state index contributed by atoms with van der Waals surface area (Å²) in [5.41, 5.74) is 1.80. The summed E-state index contributed by atoms with van der Waals surface area (Å²) in [6.07, 6.45) is -0.767. The Balaban J connectivity index is 1.36. The first kappa shape index (κ1) is 30.1. The molecule has 1 saturated heterocycles. The molecule has 0 saturated carbocycles. The third-order valence-electron chi connectivity index (χ3n) is 7.26.